The minimum absolute atomic E-state index is 0.107. The largest absolute Gasteiger partial charge is 0.377 e. The Labute approximate surface area is 203 Å². The summed E-state index contributed by atoms with van der Waals surface area (Å²) in [7, 11) is 0. The van der Waals surface area contributed by atoms with Gasteiger partial charge in [0.15, 0.2) is 5.82 Å². The molecule has 8 nitrogen and oxygen atoms in total. The number of aryl methyl sites for hydroxylation is 1. The molecule has 2 aliphatic rings. The highest BCUT2D eigenvalue weighted by atomic mass is 19.3. The number of nitrogens with two attached hydrogens (primary N) is 1. The summed E-state index contributed by atoms with van der Waals surface area (Å²) in [5.74, 6) is 1.67. The van der Waals surface area contributed by atoms with Crippen LogP contribution in [0.3, 0.4) is 0 Å². The third kappa shape index (κ3) is 5.08. The van der Waals surface area contributed by atoms with E-state index in [2.05, 4.69) is 22.1 Å². The number of halogens is 2. The van der Waals surface area contributed by atoms with Crippen LogP contribution in [0.15, 0.2) is 24.3 Å². The first-order chi connectivity index (χ1) is 16.9. The molecular weight excluding hydrogens is 452 g/mol. The molecule has 0 radical (unpaired) electrons. The number of aromatic nitrogens is 4. The van der Waals surface area contributed by atoms with Crippen LogP contribution in [0.25, 0.3) is 16.9 Å². The first-order valence-electron chi connectivity index (χ1n) is 12.4. The van der Waals surface area contributed by atoms with Crippen LogP contribution in [0.5, 0.6) is 0 Å². The second-order valence-electron chi connectivity index (χ2n) is 9.79. The van der Waals surface area contributed by atoms with Crippen molar-refractivity contribution >= 4 is 22.8 Å². The summed E-state index contributed by atoms with van der Waals surface area (Å²) >= 11 is 0. The molecule has 3 N–H and O–H groups in total. The Morgan fingerprint density at radius 1 is 1.11 bits per heavy atom. The molecule has 1 aliphatic heterocycles. The topological polar surface area (TPSA) is 94.1 Å². The van der Waals surface area contributed by atoms with Gasteiger partial charge in [-0.2, -0.15) is 9.97 Å². The first kappa shape index (κ1) is 23.9. The first-order valence-corrected chi connectivity index (χ1v) is 12.4. The second-order valence-corrected chi connectivity index (χ2v) is 9.79. The van der Waals surface area contributed by atoms with Crippen LogP contribution in [-0.2, 0) is 4.74 Å². The normalized spacial score (nSPS) is 23.3. The summed E-state index contributed by atoms with van der Waals surface area (Å²) in [5.41, 5.74) is 8.14. The minimum Gasteiger partial charge on any atom is -0.377 e. The molecule has 3 aromatic rings. The Kier molecular flexibility index (Phi) is 6.84. The Morgan fingerprint density at radius 2 is 1.89 bits per heavy atom. The number of nitrogens with zero attached hydrogens (tertiary/aromatic N) is 5. The van der Waals surface area contributed by atoms with Gasteiger partial charge in [0.1, 0.15) is 11.6 Å². The number of morpholine rings is 1. The van der Waals surface area contributed by atoms with Crippen molar-refractivity contribution in [3.05, 3.63) is 35.7 Å². The zero-order valence-electron chi connectivity index (χ0n) is 20.3. The molecule has 1 saturated carbocycles. The maximum atomic E-state index is 14.1. The zero-order chi connectivity index (χ0) is 24.5. The van der Waals surface area contributed by atoms with E-state index in [4.69, 9.17) is 20.4 Å². The monoisotopic (exact) mass is 485 g/mol. The Hall–Kier alpha value is -2.85. The van der Waals surface area contributed by atoms with Gasteiger partial charge in [-0.1, -0.05) is 6.07 Å². The molecule has 0 spiro atoms. The summed E-state index contributed by atoms with van der Waals surface area (Å²) in [5, 5.41) is 3.39. The molecule has 2 aromatic heterocycles. The van der Waals surface area contributed by atoms with E-state index in [9.17, 15) is 8.78 Å². The number of anilines is 2. The molecule has 1 atom stereocenters. The van der Waals surface area contributed by atoms with E-state index in [0.717, 1.165) is 37.8 Å². The number of nitrogens with one attached hydrogen (secondary N) is 1. The third-order valence-corrected chi connectivity index (χ3v) is 7.06. The molecule has 10 heteroatoms. The number of hydrogen-bond donors (Lipinski definition) is 2. The smallest absolute Gasteiger partial charge is 0.296 e. The fourth-order valence-corrected chi connectivity index (χ4v) is 5.05. The van der Waals surface area contributed by atoms with Gasteiger partial charge in [-0.25, -0.2) is 13.8 Å². The molecule has 0 bridgehead atoms. The van der Waals surface area contributed by atoms with E-state index in [-0.39, 0.29) is 17.9 Å². The number of rotatable bonds is 6. The van der Waals surface area contributed by atoms with E-state index >= 15 is 0 Å². The third-order valence-electron chi connectivity index (χ3n) is 7.06. The summed E-state index contributed by atoms with van der Waals surface area (Å²) in [6.45, 7) is 6.57. The van der Waals surface area contributed by atoms with Crippen molar-refractivity contribution < 1.29 is 13.5 Å². The molecule has 188 valence electrons. The molecule has 1 saturated heterocycles. The van der Waals surface area contributed by atoms with E-state index < -0.39 is 6.43 Å². The van der Waals surface area contributed by atoms with Crippen molar-refractivity contribution in [3.8, 4) is 5.82 Å². The van der Waals surface area contributed by atoms with Crippen molar-refractivity contribution in [1.82, 2.24) is 19.5 Å². The van der Waals surface area contributed by atoms with Gasteiger partial charge in [0.25, 0.3) is 6.43 Å². The molecule has 2 fully saturated rings. The summed E-state index contributed by atoms with van der Waals surface area (Å²) in [6.07, 6.45) is 1.40. The molecule has 35 heavy (non-hydrogen) atoms. The van der Waals surface area contributed by atoms with Crippen LogP contribution in [0.2, 0.25) is 0 Å². The highest BCUT2D eigenvalue weighted by Gasteiger charge is 2.26. The molecule has 3 heterocycles. The van der Waals surface area contributed by atoms with Crippen molar-refractivity contribution in [2.75, 3.05) is 36.5 Å². The maximum Gasteiger partial charge on any atom is 0.296 e. The quantitative estimate of drug-likeness (QED) is 0.540. The molecule has 1 aliphatic carbocycles. The van der Waals surface area contributed by atoms with Crippen molar-refractivity contribution in [1.29, 1.82) is 0 Å². The number of benzene rings is 1. The zero-order valence-corrected chi connectivity index (χ0v) is 20.3. The van der Waals surface area contributed by atoms with E-state index in [1.807, 2.05) is 19.1 Å². The number of fused-ring (bicyclic) bond motifs is 1. The highest BCUT2D eigenvalue weighted by molar-refractivity contribution is 5.79. The van der Waals surface area contributed by atoms with Gasteiger partial charge in [-0.15, -0.1) is 0 Å². The van der Waals surface area contributed by atoms with E-state index in [1.54, 1.807) is 12.1 Å². The molecular formula is C25H33F2N7O. The Bertz CT molecular complexity index is 1180. The van der Waals surface area contributed by atoms with Gasteiger partial charge in [0.2, 0.25) is 5.95 Å². The van der Waals surface area contributed by atoms with Gasteiger partial charge < -0.3 is 20.7 Å². The SMILES string of the molecule is Cc1ccc2nc(C(F)F)n(-c3cc(N4CCOC[C@@H]4C)nc(NC[C@H]4CC[C@H](N)CC4)n3)c2c1. The number of ether oxygens (including phenoxy) is 1. The summed E-state index contributed by atoms with van der Waals surface area (Å²) in [6, 6.07) is 7.68. The van der Waals surface area contributed by atoms with Crippen LogP contribution in [-0.4, -0.2) is 57.9 Å². The molecule has 0 unspecified atom stereocenters. The number of alkyl halides is 2. The highest BCUT2D eigenvalue weighted by Crippen LogP contribution is 2.31. The lowest BCUT2D eigenvalue weighted by atomic mass is 9.86. The lowest BCUT2D eigenvalue weighted by molar-refractivity contribution is 0.0985. The van der Waals surface area contributed by atoms with Crippen LogP contribution >= 0.6 is 0 Å². The van der Waals surface area contributed by atoms with Crippen LogP contribution in [0, 0.1) is 12.8 Å². The predicted octanol–water partition coefficient (Wildman–Crippen LogP) is 4.22. The van der Waals surface area contributed by atoms with Crippen molar-refractivity contribution in [3.63, 3.8) is 0 Å². The average Bonchev–Trinajstić information content (AvgIpc) is 3.23. The molecule has 1 aromatic carbocycles. The maximum absolute atomic E-state index is 14.1. The number of imidazole rings is 1. The van der Waals surface area contributed by atoms with Crippen LogP contribution in [0.1, 0.15) is 50.4 Å². The summed E-state index contributed by atoms with van der Waals surface area (Å²) in [4.78, 5) is 15.9. The number of hydrogen-bond acceptors (Lipinski definition) is 7. The summed E-state index contributed by atoms with van der Waals surface area (Å²) < 4.78 is 35.3. The fourth-order valence-electron chi connectivity index (χ4n) is 5.05. The lowest BCUT2D eigenvalue weighted by Crippen LogP contribution is -2.44. The van der Waals surface area contributed by atoms with E-state index in [1.165, 1.54) is 4.57 Å². The molecule has 5 rings (SSSR count). The Balaban J connectivity index is 1.56. The minimum atomic E-state index is -2.74. The van der Waals surface area contributed by atoms with E-state index in [0.29, 0.717) is 54.3 Å². The Morgan fingerprint density at radius 3 is 2.63 bits per heavy atom. The van der Waals surface area contributed by atoms with Crippen molar-refractivity contribution in [2.24, 2.45) is 11.7 Å². The fraction of sp³-hybridized carbons (Fsp3) is 0.560. The lowest BCUT2D eigenvalue weighted by Gasteiger charge is -2.34. The average molecular weight is 486 g/mol. The van der Waals surface area contributed by atoms with Gasteiger partial charge in [0.05, 0.1) is 30.3 Å². The van der Waals surface area contributed by atoms with Gasteiger partial charge in [0, 0.05) is 25.2 Å². The standard InChI is InChI=1S/C25H33F2N7O/c1-15-3-8-19-20(11-15)34(24(30-19)23(26)27)22-12-21(33-9-10-35-14-16(33)2)31-25(32-22)29-13-17-4-6-18(28)7-5-17/h3,8,11-12,16-18,23H,4-7,9-10,13-14,28H2,1-2H3,(H,29,31,32)/t16-,17-,18-/m0/s1. The second kappa shape index (κ2) is 10.0. The van der Waals surface area contributed by atoms with Gasteiger partial charge >= 0.3 is 0 Å². The van der Waals surface area contributed by atoms with Gasteiger partial charge in [-0.05, 0) is 63.1 Å². The van der Waals surface area contributed by atoms with Crippen LogP contribution < -0.4 is 16.0 Å². The van der Waals surface area contributed by atoms with Crippen LogP contribution in [0.4, 0.5) is 20.5 Å². The van der Waals surface area contributed by atoms with Gasteiger partial charge in [-0.3, -0.25) is 4.57 Å². The molecule has 0 amide bonds. The predicted molar refractivity (Wildman–Crippen MR) is 132 cm³/mol. The van der Waals surface area contributed by atoms with Crippen molar-refractivity contribution in [2.45, 2.75) is 58.0 Å².